The quantitative estimate of drug-likeness (QED) is 0.326. The summed E-state index contributed by atoms with van der Waals surface area (Å²) in [5.74, 6) is -3.34. The Hall–Kier alpha value is -2.33. The average molecular weight is 493 g/mol. The van der Waals surface area contributed by atoms with E-state index in [1.807, 2.05) is 0 Å². The van der Waals surface area contributed by atoms with Crippen LogP contribution in [0.15, 0.2) is 0 Å². The van der Waals surface area contributed by atoms with E-state index in [4.69, 9.17) is 5.11 Å². The number of rotatable bonds is 1. The third kappa shape index (κ3) is 2.62. The number of hydrogen-bond donors (Lipinski definition) is 1. The van der Waals surface area contributed by atoms with Gasteiger partial charge in [-0.05, 0) is 19.3 Å². The van der Waals surface area contributed by atoms with Gasteiger partial charge in [-0.15, -0.1) is 0 Å². The molecule has 1 aliphatic heterocycles. The van der Waals surface area contributed by atoms with Crippen LogP contribution in [0.2, 0.25) is 0 Å². The zero-order chi connectivity index (χ0) is 10.3. The first-order valence-corrected chi connectivity index (χ1v) is 4.58. The summed E-state index contributed by atoms with van der Waals surface area (Å²) >= 11 is 0. The number of hydrogen-bond acceptors (Lipinski definition) is 4. The van der Waals surface area contributed by atoms with Crippen LogP contribution in [0.5, 0.6) is 0 Å². The van der Waals surface area contributed by atoms with Gasteiger partial charge in [-0.2, -0.15) is 0 Å². The second kappa shape index (κ2) is 5.68. The number of esters is 2. The fraction of sp³-hybridized carbons (Fsp3) is 0.700. The molecule has 0 aromatic heterocycles. The summed E-state index contributed by atoms with van der Waals surface area (Å²) in [7, 11) is 0. The van der Waals surface area contributed by atoms with Crippen molar-refractivity contribution in [3.63, 3.8) is 0 Å². The Morgan fingerprint density at radius 1 is 1.18 bits per heavy atom. The van der Waals surface area contributed by atoms with E-state index >= 15 is 0 Å². The topological polar surface area (TPSA) is 80.7 Å². The van der Waals surface area contributed by atoms with Crippen molar-refractivity contribution in [1.82, 2.24) is 0 Å². The van der Waals surface area contributed by atoms with Gasteiger partial charge in [-0.25, -0.2) is 0 Å². The van der Waals surface area contributed by atoms with Gasteiger partial charge in [0, 0.05) is 8.41 Å². The molecular weight excluding hydrogens is 479 g/mol. The number of ether oxygens (including phenoxy) is 1. The smallest absolute Gasteiger partial charge is 0.317 e. The monoisotopic (exact) mass is 493 g/mol. The summed E-state index contributed by atoms with van der Waals surface area (Å²) in [5.41, 5.74) is 0. The second-order valence-corrected chi connectivity index (χ2v) is 3.80. The fourth-order valence-electron chi connectivity index (χ4n) is 2.19. The van der Waals surface area contributed by atoms with Crippen molar-refractivity contribution in [2.24, 2.45) is 17.8 Å². The van der Waals surface area contributed by atoms with E-state index < -0.39 is 35.7 Å². The molecule has 2 rings (SSSR count). The average Bonchev–Trinajstić information content (AvgIpc) is 2.42. The summed E-state index contributed by atoms with van der Waals surface area (Å²) in [6, 6.07) is 0. The molecule has 1 heterocycles. The molecule has 1 aliphatic carbocycles. The van der Waals surface area contributed by atoms with E-state index in [1.165, 1.54) is 0 Å². The number of carbonyl (C=O) groups is 3. The van der Waals surface area contributed by atoms with Crippen molar-refractivity contribution in [2.75, 3.05) is 0 Å². The molecular formula is C10H14BDbO5. The fourth-order valence-corrected chi connectivity index (χ4v) is 2.19. The first kappa shape index (κ1) is 17.1. The van der Waals surface area contributed by atoms with Gasteiger partial charge in [0.1, 0.15) is 0 Å². The van der Waals surface area contributed by atoms with Crippen LogP contribution in [0.25, 0.3) is 0 Å². The summed E-state index contributed by atoms with van der Waals surface area (Å²) < 4.78 is 4.47. The zero-order valence-electron chi connectivity index (χ0n) is 8.72. The van der Waals surface area contributed by atoms with E-state index in [-0.39, 0.29) is 22.3 Å². The minimum atomic E-state index is -0.893. The predicted molar refractivity (Wildman–Crippen MR) is 55.5 cm³/mol. The van der Waals surface area contributed by atoms with Crippen molar-refractivity contribution in [2.45, 2.75) is 26.7 Å². The predicted octanol–water partition coefficient (Wildman–Crippen LogP) is 0.442. The largest absolute Gasteiger partial charge is 0.481 e. The van der Waals surface area contributed by atoms with E-state index in [1.54, 1.807) is 0 Å². The third-order valence-electron chi connectivity index (χ3n) is 3.01. The van der Waals surface area contributed by atoms with Crippen molar-refractivity contribution in [3.05, 3.63) is 0 Å². The standard InChI is InChI=1S/C9H10O5.CH4.B.Db/c10-7(11)4-1-2-5-6(3-4)9(13)14-8(5)12;;;/h4-6H,1-3H2,(H,10,11);1H4;;. The molecule has 2 aliphatic rings. The molecule has 1 saturated heterocycles. The second-order valence-electron chi connectivity index (χ2n) is 3.80. The van der Waals surface area contributed by atoms with Crippen molar-refractivity contribution in [1.29, 1.82) is 0 Å². The number of fused-ring (bicyclic) bond motifs is 1. The maximum absolute atomic E-state index is 11.2. The van der Waals surface area contributed by atoms with Gasteiger partial charge in [-0.1, -0.05) is 7.43 Å². The molecule has 3 radical (unpaired) electrons. The molecule has 5 nitrogen and oxygen atoms in total. The van der Waals surface area contributed by atoms with Gasteiger partial charge in [-0.3, -0.25) is 14.4 Å². The number of carbonyl (C=O) groups excluding carboxylic acids is 2. The molecule has 89 valence electrons. The van der Waals surface area contributed by atoms with Gasteiger partial charge in [0.15, 0.2) is 0 Å². The van der Waals surface area contributed by atoms with E-state index in [9.17, 15) is 14.4 Å². The normalized spacial score (nSPS) is 30.0. The van der Waals surface area contributed by atoms with Crippen LogP contribution in [0.4, 0.5) is 0 Å². The van der Waals surface area contributed by atoms with Crippen LogP contribution in [0.3, 0.4) is 0 Å². The summed E-state index contributed by atoms with van der Waals surface area (Å²) in [4.78, 5) is 33.0. The SMILES string of the molecule is C.O=C(O)C1CCC2C(=O)OC(=O)C2C1.[B].[Db]. The molecule has 0 spiro atoms. The molecule has 0 bridgehead atoms. The Bertz CT molecular complexity index is 320. The van der Waals surface area contributed by atoms with Crippen LogP contribution in [-0.4, -0.2) is 31.4 Å². The van der Waals surface area contributed by atoms with Gasteiger partial charge < -0.3 is 9.84 Å². The van der Waals surface area contributed by atoms with E-state index in [0.717, 1.165) is 0 Å². The van der Waals surface area contributed by atoms with Crippen molar-refractivity contribution >= 4 is 26.3 Å². The first-order chi connectivity index (χ1) is 6.59. The van der Waals surface area contributed by atoms with Gasteiger partial charge in [0.05, 0.1) is 17.8 Å². The van der Waals surface area contributed by atoms with Gasteiger partial charge >= 0.3 is 17.9 Å². The van der Waals surface area contributed by atoms with Gasteiger partial charge in [0.25, 0.3) is 0 Å². The maximum atomic E-state index is 11.2. The number of cyclic esters (lactones) is 2. The summed E-state index contributed by atoms with van der Waals surface area (Å²) in [5, 5.41) is 8.77. The number of carboxylic acids is 1. The minimum Gasteiger partial charge on any atom is -0.481 e. The summed E-state index contributed by atoms with van der Waals surface area (Å²) in [6.07, 6.45) is 1.15. The molecule has 2 fully saturated rings. The molecule has 1 saturated carbocycles. The molecule has 3 atom stereocenters. The molecule has 3 unspecified atom stereocenters. The first-order valence-electron chi connectivity index (χ1n) is 4.58. The van der Waals surface area contributed by atoms with Crippen LogP contribution >= 0.6 is 0 Å². The molecule has 0 amide bonds. The maximum Gasteiger partial charge on any atom is 0.317 e. The van der Waals surface area contributed by atoms with E-state index in [0.29, 0.717) is 12.8 Å². The van der Waals surface area contributed by atoms with Crippen molar-refractivity contribution < 1.29 is 24.2 Å². The Kier molecular flexibility index (Phi) is 5.70. The third-order valence-corrected chi connectivity index (χ3v) is 3.01. The van der Waals surface area contributed by atoms with Crippen LogP contribution in [-0.2, 0) is 19.1 Å². The zero-order valence-corrected chi connectivity index (χ0v) is 15.2. The Labute approximate surface area is 95.7 Å². The Balaban J connectivity index is 0. The molecule has 7 heteroatoms. The Morgan fingerprint density at radius 3 is 2.24 bits per heavy atom. The van der Waals surface area contributed by atoms with Crippen LogP contribution < -0.4 is 0 Å². The van der Waals surface area contributed by atoms with Crippen molar-refractivity contribution in [3.8, 4) is 0 Å². The van der Waals surface area contributed by atoms with E-state index in [2.05, 4.69) is 4.74 Å². The minimum absolute atomic E-state index is 0. The molecule has 0 aromatic carbocycles. The molecule has 17 heavy (non-hydrogen) atoms. The molecule has 0 aromatic rings. The number of carboxylic acid groups (broad SMARTS) is 1. The molecule has 1 N–H and O–H groups in total. The number of aliphatic carboxylic acids is 1. The van der Waals surface area contributed by atoms with Crippen LogP contribution in [0.1, 0.15) is 26.7 Å². The van der Waals surface area contributed by atoms with Gasteiger partial charge in [0.2, 0.25) is 0 Å². The van der Waals surface area contributed by atoms with Crippen LogP contribution in [0, 0.1) is 17.8 Å². The Morgan fingerprint density at radius 2 is 1.71 bits per heavy atom. The summed E-state index contributed by atoms with van der Waals surface area (Å²) in [6.45, 7) is 0.